The molecule has 4 heterocycles. The molecular weight excluding hydrogens is 392 g/mol. The normalized spacial score (nSPS) is 20.6. The molecular formula is C20H20N4O4S. The Balaban J connectivity index is 1.44. The number of ether oxygens (including phenoxy) is 2. The molecule has 0 aliphatic carbocycles. The summed E-state index contributed by atoms with van der Waals surface area (Å²) in [4.78, 5) is 39.6. The van der Waals surface area contributed by atoms with Gasteiger partial charge in [-0.2, -0.15) is 0 Å². The summed E-state index contributed by atoms with van der Waals surface area (Å²) in [6.45, 7) is 3.68. The fraction of sp³-hybridized carbons (Fsp3) is 0.400. The van der Waals surface area contributed by atoms with Gasteiger partial charge < -0.3 is 14.5 Å². The van der Waals surface area contributed by atoms with Gasteiger partial charge in [0.25, 0.3) is 5.56 Å². The molecule has 2 saturated heterocycles. The van der Waals surface area contributed by atoms with E-state index in [-0.39, 0.29) is 17.0 Å². The van der Waals surface area contributed by atoms with Crippen molar-refractivity contribution >= 4 is 27.8 Å². The lowest BCUT2D eigenvalue weighted by Crippen LogP contribution is -2.46. The van der Waals surface area contributed by atoms with Crippen molar-refractivity contribution in [3.8, 4) is 5.75 Å². The number of rotatable bonds is 3. The molecule has 1 unspecified atom stereocenters. The quantitative estimate of drug-likeness (QED) is 0.710. The number of fused-ring (bicyclic) bond motifs is 1. The second-order valence-electron chi connectivity index (χ2n) is 7.71. The van der Waals surface area contributed by atoms with Crippen LogP contribution in [-0.4, -0.2) is 45.7 Å². The molecule has 2 aliphatic heterocycles. The molecule has 29 heavy (non-hydrogen) atoms. The van der Waals surface area contributed by atoms with Crippen molar-refractivity contribution in [2.45, 2.75) is 31.2 Å². The zero-order chi connectivity index (χ0) is 20.0. The molecule has 1 aromatic carbocycles. The van der Waals surface area contributed by atoms with E-state index in [1.165, 1.54) is 11.3 Å². The molecule has 0 bridgehead atoms. The molecule has 1 N–H and O–H groups in total. The molecule has 5 rings (SSSR count). The Labute approximate surface area is 170 Å². The van der Waals surface area contributed by atoms with Crippen molar-refractivity contribution in [2.24, 2.45) is 0 Å². The number of thiazole rings is 1. The number of para-hydroxylation sites is 1. The summed E-state index contributed by atoms with van der Waals surface area (Å²) in [5.74, 6) is 1.13. The number of hydrogen-bond donors (Lipinski definition) is 1. The van der Waals surface area contributed by atoms with Gasteiger partial charge in [0.1, 0.15) is 16.6 Å². The van der Waals surface area contributed by atoms with Crippen LogP contribution in [0.2, 0.25) is 0 Å². The van der Waals surface area contributed by atoms with Crippen molar-refractivity contribution < 1.29 is 14.3 Å². The van der Waals surface area contributed by atoms with Crippen molar-refractivity contribution in [3.63, 3.8) is 0 Å². The number of nitrogens with one attached hydrogen (secondary N) is 1. The minimum Gasteiger partial charge on any atom is -0.410 e. The molecule has 2 aliphatic rings. The Morgan fingerprint density at radius 1 is 1.31 bits per heavy atom. The summed E-state index contributed by atoms with van der Waals surface area (Å²) < 4.78 is 10.8. The Morgan fingerprint density at radius 2 is 2.10 bits per heavy atom. The molecule has 3 aromatic rings. The molecule has 0 spiro atoms. The van der Waals surface area contributed by atoms with Gasteiger partial charge in [0.2, 0.25) is 0 Å². The minimum absolute atomic E-state index is 0.212. The third-order valence-corrected chi connectivity index (χ3v) is 6.47. The number of amides is 1. The summed E-state index contributed by atoms with van der Waals surface area (Å²) in [6.07, 6.45) is 1.23. The van der Waals surface area contributed by atoms with Gasteiger partial charge >= 0.3 is 6.09 Å². The number of nitrogens with zero attached hydrogens (tertiary/aromatic N) is 3. The van der Waals surface area contributed by atoms with Gasteiger partial charge in [-0.15, -0.1) is 0 Å². The highest BCUT2D eigenvalue weighted by atomic mass is 32.1. The van der Waals surface area contributed by atoms with Gasteiger partial charge in [-0.05, 0) is 31.9 Å². The first-order chi connectivity index (χ1) is 14.0. The van der Waals surface area contributed by atoms with Crippen molar-refractivity contribution in [1.29, 1.82) is 0 Å². The van der Waals surface area contributed by atoms with E-state index in [0.29, 0.717) is 46.7 Å². The van der Waals surface area contributed by atoms with Gasteiger partial charge in [-0.25, -0.2) is 14.8 Å². The molecule has 150 valence electrons. The lowest BCUT2D eigenvalue weighted by molar-refractivity contribution is -0.0542. The van der Waals surface area contributed by atoms with Crippen LogP contribution in [0.25, 0.3) is 10.3 Å². The van der Waals surface area contributed by atoms with Crippen LogP contribution in [0.4, 0.5) is 4.79 Å². The Morgan fingerprint density at radius 3 is 2.83 bits per heavy atom. The van der Waals surface area contributed by atoms with E-state index >= 15 is 0 Å². The van der Waals surface area contributed by atoms with E-state index in [4.69, 9.17) is 9.47 Å². The zero-order valence-corrected chi connectivity index (χ0v) is 16.7. The molecule has 2 fully saturated rings. The highest BCUT2D eigenvalue weighted by Gasteiger charge is 2.39. The van der Waals surface area contributed by atoms with E-state index < -0.39 is 6.09 Å². The van der Waals surface area contributed by atoms with Gasteiger partial charge in [-0.3, -0.25) is 9.69 Å². The highest BCUT2D eigenvalue weighted by molar-refractivity contribution is 7.18. The maximum atomic E-state index is 12.7. The van der Waals surface area contributed by atoms with E-state index in [1.54, 1.807) is 17.0 Å². The van der Waals surface area contributed by atoms with Gasteiger partial charge in [0.05, 0.1) is 24.7 Å². The largest absolute Gasteiger partial charge is 0.415 e. The second-order valence-corrected chi connectivity index (χ2v) is 8.72. The first kappa shape index (κ1) is 18.3. The topological polar surface area (TPSA) is 97.4 Å². The van der Waals surface area contributed by atoms with Crippen molar-refractivity contribution in [1.82, 2.24) is 19.9 Å². The van der Waals surface area contributed by atoms with Crippen LogP contribution in [0.1, 0.15) is 36.6 Å². The van der Waals surface area contributed by atoms with Crippen LogP contribution in [0.3, 0.4) is 0 Å². The summed E-state index contributed by atoms with van der Waals surface area (Å²) >= 11 is 1.37. The molecule has 2 aromatic heterocycles. The van der Waals surface area contributed by atoms with E-state index in [9.17, 15) is 9.59 Å². The van der Waals surface area contributed by atoms with Gasteiger partial charge in [0, 0.05) is 6.54 Å². The maximum absolute atomic E-state index is 12.7. The lowest BCUT2D eigenvalue weighted by atomic mass is 9.88. The molecule has 0 radical (unpaired) electrons. The number of carbonyl (C=O) groups excluding carboxylic acids is 1. The average Bonchev–Trinajstić information content (AvgIpc) is 3.33. The molecule has 9 heteroatoms. The van der Waals surface area contributed by atoms with E-state index in [0.717, 1.165) is 12.8 Å². The van der Waals surface area contributed by atoms with Crippen LogP contribution in [0.5, 0.6) is 5.75 Å². The predicted molar refractivity (Wildman–Crippen MR) is 107 cm³/mol. The van der Waals surface area contributed by atoms with Crippen LogP contribution >= 0.6 is 11.3 Å². The maximum Gasteiger partial charge on any atom is 0.415 e. The third kappa shape index (κ3) is 3.20. The van der Waals surface area contributed by atoms with Gasteiger partial charge in [0.15, 0.2) is 10.3 Å². The fourth-order valence-corrected chi connectivity index (χ4v) is 4.80. The van der Waals surface area contributed by atoms with Crippen LogP contribution in [0.15, 0.2) is 35.1 Å². The summed E-state index contributed by atoms with van der Waals surface area (Å²) in [5.41, 5.74) is -0.200. The molecule has 8 nitrogen and oxygen atoms in total. The summed E-state index contributed by atoms with van der Waals surface area (Å²) in [5, 5.41) is 0.715. The average molecular weight is 412 g/mol. The van der Waals surface area contributed by atoms with E-state index in [2.05, 4.69) is 15.0 Å². The van der Waals surface area contributed by atoms with Crippen LogP contribution in [0, 0.1) is 0 Å². The Bertz CT molecular complexity index is 1120. The fourth-order valence-electron chi connectivity index (χ4n) is 3.71. The standard InChI is InChI=1S/C20H20N4O4S/c1-20(10-27-11-20)18-22-15(25)14-17(23-18)29-16(21-14)13-8-5-9-24(13)19(26)28-12-6-3-2-4-7-12/h2-4,6-7,13H,5,8-11H2,1H3,(H,22,23,25). The molecule has 1 atom stereocenters. The number of aromatic amines is 1. The zero-order valence-electron chi connectivity index (χ0n) is 15.9. The van der Waals surface area contributed by atoms with Crippen LogP contribution in [-0.2, 0) is 10.2 Å². The second kappa shape index (κ2) is 6.93. The first-order valence-electron chi connectivity index (χ1n) is 9.56. The smallest absolute Gasteiger partial charge is 0.410 e. The Kier molecular flexibility index (Phi) is 4.36. The summed E-state index contributed by atoms with van der Waals surface area (Å²) in [7, 11) is 0. The van der Waals surface area contributed by atoms with Crippen LogP contribution < -0.4 is 10.3 Å². The SMILES string of the molecule is CC1(c2nc3sc(C4CCCN4C(=O)Oc4ccccc4)nc3c(=O)[nH]2)COC1. The highest BCUT2D eigenvalue weighted by Crippen LogP contribution is 2.37. The third-order valence-electron chi connectivity index (χ3n) is 5.42. The Hall–Kier alpha value is -2.78. The number of aromatic nitrogens is 3. The lowest BCUT2D eigenvalue weighted by Gasteiger charge is -2.36. The number of likely N-dealkylation sites (tertiary alicyclic amines) is 1. The van der Waals surface area contributed by atoms with Crippen molar-refractivity contribution in [3.05, 3.63) is 51.5 Å². The van der Waals surface area contributed by atoms with Crippen molar-refractivity contribution in [2.75, 3.05) is 19.8 Å². The number of benzene rings is 1. The number of hydrogen-bond acceptors (Lipinski definition) is 7. The number of carbonyl (C=O) groups is 1. The summed E-state index contributed by atoms with van der Waals surface area (Å²) in [6, 6.07) is 8.79. The van der Waals surface area contributed by atoms with Gasteiger partial charge in [-0.1, -0.05) is 29.5 Å². The molecule has 1 amide bonds. The predicted octanol–water partition coefficient (Wildman–Crippen LogP) is 3.00. The number of H-pyrrole nitrogens is 1. The van der Waals surface area contributed by atoms with E-state index in [1.807, 2.05) is 25.1 Å². The monoisotopic (exact) mass is 412 g/mol. The first-order valence-corrected chi connectivity index (χ1v) is 10.4. The molecule has 0 saturated carbocycles. The minimum atomic E-state index is -0.403.